The SMILES string of the molecule is C[NH2+]c1ccccc1Br. The van der Waals surface area contributed by atoms with Crippen LogP contribution in [0.1, 0.15) is 0 Å². The Morgan fingerprint density at radius 1 is 1.33 bits per heavy atom. The first-order valence-corrected chi connectivity index (χ1v) is 3.68. The molecule has 2 N–H and O–H groups in total. The van der Waals surface area contributed by atoms with Crippen molar-refractivity contribution in [1.29, 1.82) is 0 Å². The van der Waals surface area contributed by atoms with Gasteiger partial charge in [0.05, 0.1) is 11.5 Å². The molecule has 48 valence electrons. The number of quaternary nitrogens is 1. The molecule has 0 aliphatic carbocycles. The fourth-order valence-corrected chi connectivity index (χ4v) is 1.22. The molecule has 0 aliphatic rings. The maximum absolute atomic E-state index is 3.43. The van der Waals surface area contributed by atoms with E-state index in [9.17, 15) is 0 Å². The molecule has 0 heterocycles. The van der Waals surface area contributed by atoms with E-state index in [1.54, 1.807) is 0 Å². The van der Waals surface area contributed by atoms with Crippen LogP contribution in [-0.4, -0.2) is 7.05 Å². The standard InChI is InChI=1S/C7H8BrN/c1-9-7-5-3-2-4-6(7)8/h2-5,9H,1H3/p+1. The van der Waals surface area contributed by atoms with Gasteiger partial charge in [-0.15, -0.1) is 0 Å². The Bertz CT molecular complexity index is 198. The molecule has 1 aromatic rings. The summed E-state index contributed by atoms with van der Waals surface area (Å²) < 4.78 is 1.16. The predicted octanol–water partition coefficient (Wildman–Crippen LogP) is 1.27. The quantitative estimate of drug-likeness (QED) is 0.637. The molecular weight excluding hydrogens is 178 g/mol. The van der Waals surface area contributed by atoms with Crippen molar-refractivity contribution in [3.05, 3.63) is 28.7 Å². The van der Waals surface area contributed by atoms with Crippen LogP contribution in [0.4, 0.5) is 5.69 Å². The summed E-state index contributed by atoms with van der Waals surface area (Å²) >= 11 is 3.43. The molecule has 0 aromatic heterocycles. The van der Waals surface area contributed by atoms with E-state index in [0.717, 1.165) is 4.47 Å². The summed E-state index contributed by atoms with van der Waals surface area (Å²) in [7, 11) is 2.03. The average Bonchev–Trinajstić information content (AvgIpc) is 1.89. The molecule has 0 radical (unpaired) electrons. The van der Waals surface area contributed by atoms with Crippen LogP contribution in [0.5, 0.6) is 0 Å². The molecule has 1 aromatic carbocycles. The van der Waals surface area contributed by atoms with Gasteiger partial charge in [-0.3, -0.25) is 0 Å². The largest absolute Gasteiger partial charge is 0.315 e. The summed E-state index contributed by atoms with van der Waals surface area (Å²) in [6.07, 6.45) is 0. The van der Waals surface area contributed by atoms with Gasteiger partial charge < -0.3 is 5.32 Å². The van der Waals surface area contributed by atoms with Gasteiger partial charge in [0.25, 0.3) is 0 Å². The molecule has 0 atom stereocenters. The van der Waals surface area contributed by atoms with Crippen LogP contribution in [0, 0.1) is 0 Å². The van der Waals surface area contributed by atoms with Crippen LogP contribution in [0.25, 0.3) is 0 Å². The Balaban J connectivity index is 3.01. The molecule has 0 spiro atoms. The van der Waals surface area contributed by atoms with E-state index in [4.69, 9.17) is 0 Å². The van der Waals surface area contributed by atoms with E-state index in [0.29, 0.717) is 0 Å². The third-order valence-electron chi connectivity index (χ3n) is 1.22. The Morgan fingerprint density at radius 2 is 2.00 bits per heavy atom. The monoisotopic (exact) mass is 186 g/mol. The lowest BCUT2D eigenvalue weighted by Crippen LogP contribution is -2.72. The molecule has 0 bridgehead atoms. The highest BCUT2D eigenvalue weighted by Gasteiger charge is 1.95. The maximum atomic E-state index is 3.43. The summed E-state index contributed by atoms with van der Waals surface area (Å²) in [5, 5.41) is 2.07. The molecule has 0 amide bonds. The molecule has 9 heavy (non-hydrogen) atoms. The minimum absolute atomic E-state index is 1.16. The van der Waals surface area contributed by atoms with E-state index in [1.807, 2.05) is 25.2 Å². The van der Waals surface area contributed by atoms with Crippen LogP contribution < -0.4 is 5.32 Å². The number of para-hydroxylation sites is 1. The van der Waals surface area contributed by atoms with E-state index >= 15 is 0 Å². The van der Waals surface area contributed by atoms with E-state index in [1.165, 1.54) is 5.69 Å². The molecule has 1 nitrogen and oxygen atoms in total. The molecule has 0 fully saturated rings. The number of hydrogen-bond acceptors (Lipinski definition) is 0. The van der Waals surface area contributed by atoms with Gasteiger partial charge in [0.1, 0.15) is 5.69 Å². The lowest BCUT2D eigenvalue weighted by molar-refractivity contribution is -0.540. The first-order chi connectivity index (χ1) is 4.34. The van der Waals surface area contributed by atoms with Gasteiger partial charge in [0.15, 0.2) is 0 Å². The van der Waals surface area contributed by atoms with Crippen molar-refractivity contribution in [3.8, 4) is 0 Å². The summed E-state index contributed by atoms with van der Waals surface area (Å²) in [6, 6.07) is 8.15. The van der Waals surface area contributed by atoms with Crippen molar-refractivity contribution < 1.29 is 5.32 Å². The number of hydrogen-bond donors (Lipinski definition) is 1. The van der Waals surface area contributed by atoms with Gasteiger partial charge >= 0.3 is 0 Å². The molecule has 1 rings (SSSR count). The molecule has 2 heteroatoms. The second-order valence-corrected chi connectivity index (χ2v) is 2.66. The first-order valence-electron chi connectivity index (χ1n) is 2.88. The second-order valence-electron chi connectivity index (χ2n) is 1.81. The highest BCUT2D eigenvalue weighted by molar-refractivity contribution is 9.10. The van der Waals surface area contributed by atoms with Gasteiger partial charge in [-0.2, -0.15) is 0 Å². The second kappa shape index (κ2) is 2.99. The molecule has 0 saturated heterocycles. The van der Waals surface area contributed by atoms with Crippen molar-refractivity contribution in [2.24, 2.45) is 0 Å². The minimum Gasteiger partial charge on any atom is -0.315 e. The minimum atomic E-state index is 1.16. The maximum Gasteiger partial charge on any atom is 0.143 e. The molecule has 0 aliphatic heterocycles. The third-order valence-corrected chi connectivity index (χ3v) is 1.94. The lowest BCUT2D eigenvalue weighted by Gasteiger charge is -1.94. The van der Waals surface area contributed by atoms with Crippen molar-refractivity contribution in [2.75, 3.05) is 7.05 Å². The first kappa shape index (κ1) is 6.78. The van der Waals surface area contributed by atoms with Crippen molar-refractivity contribution >= 4 is 21.6 Å². The number of rotatable bonds is 1. The van der Waals surface area contributed by atoms with Gasteiger partial charge in [-0.05, 0) is 22.0 Å². The van der Waals surface area contributed by atoms with Crippen molar-refractivity contribution in [2.45, 2.75) is 0 Å². The highest BCUT2D eigenvalue weighted by Crippen LogP contribution is 2.15. The van der Waals surface area contributed by atoms with Crippen molar-refractivity contribution in [1.82, 2.24) is 0 Å². The fourth-order valence-electron chi connectivity index (χ4n) is 0.709. The highest BCUT2D eigenvalue weighted by atomic mass is 79.9. The van der Waals surface area contributed by atoms with Gasteiger partial charge in [0.2, 0.25) is 0 Å². The van der Waals surface area contributed by atoms with Gasteiger partial charge in [-0.1, -0.05) is 12.1 Å². The zero-order chi connectivity index (χ0) is 6.69. The Hall–Kier alpha value is -0.340. The third kappa shape index (κ3) is 1.53. The molecular formula is C7H9BrN+. The molecule has 0 saturated carbocycles. The Labute approximate surface area is 63.2 Å². The zero-order valence-electron chi connectivity index (χ0n) is 5.26. The lowest BCUT2D eigenvalue weighted by atomic mass is 10.3. The van der Waals surface area contributed by atoms with Crippen LogP contribution in [-0.2, 0) is 0 Å². The smallest absolute Gasteiger partial charge is 0.143 e. The number of benzene rings is 1. The van der Waals surface area contributed by atoms with Crippen LogP contribution in [0.3, 0.4) is 0 Å². The van der Waals surface area contributed by atoms with E-state index in [2.05, 4.69) is 27.3 Å². The molecule has 0 unspecified atom stereocenters. The fraction of sp³-hybridized carbons (Fsp3) is 0.143. The zero-order valence-corrected chi connectivity index (χ0v) is 6.85. The number of nitrogens with two attached hydrogens (primary N) is 1. The summed E-state index contributed by atoms with van der Waals surface area (Å²) in [6.45, 7) is 0. The van der Waals surface area contributed by atoms with Crippen LogP contribution in [0.2, 0.25) is 0 Å². The Morgan fingerprint density at radius 3 is 2.44 bits per heavy atom. The van der Waals surface area contributed by atoms with E-state index < -0.39 is 0 Å². The number of halogens is 1. The van der Waals surface area contributed by atoms with E-state index in [-0.39, 0.29) is 0 Å². The van der Waals surface area contributed by atoms with Gasteiger partial charge in [-0.25, -0.2) is 0 Å². The topological polar surface area (TPSA) is 16.6 Å². The predicted molar refractivity (Wildman–Crippen MR) is 41.7 cm³/mol. The Kier molecular flexibility index (Phi) is 2.25. The van der Waals surface area contributed by atoms with Crippen LogP contribution in [0.15, 0.2) is 28.7 Å². The normalized spacial score (nSPS) is 9.56. The van der Waals surface area contributed by atoms with Crippen LogP contribution >= 0.6 is 15.9 Å². The summed E-state index contributed by atoms with van der Waals surface area (Å²) in [5.74, 6) is 0. The van der Waals surface area contributed by atoms with Crippen molar-refractivity contribution in [3.63, 3.8) is 0 Å². The summed E-state index contributed by atoms with van der Waals surface area (Å²) in [4.78, 5) is 0. The average molecular weight is 187 g/mol. The van der Waals surface area contributed by atoms with Gasteiger partial charge in [0, 0.05) is 6.07 Å². The summed E-state index contributed by atoms with van der Waals surface area (Å²) in [5.41, 5.74) is 1.25.